The van der Waals surface area contributed by atoms with Crippen molar-refractivity contribution in [1.82, 2.24) is 0 Å². The molecule has 11 heteroatoms. The molecule has 0 bridgehead atoms. The maximum atomic E-state index is 12.6. The van der Waals surface area contributed by atoms with Gasteiger partial charge in [-0.05, 0) is 47.5 Å². The summed E-state index contributed by atoms with van der Waals surface area (Å²) in [7, 11) is 0.412. The molecule has 35 heavy (non-hydrogen) atoms. The van der Waals surface area contributed by atoms with Gasteiger partial charge in [0.1, 0.15) is 5.75 Å². The third-order valence-corrected chi connectivity index (χ3v) is 6.05. The summed E-state index contributed by atoms with van der Waals surface area (Å²) < 4.78 is 84.5. The minimum atomic E-state index is -4.93. The average Bonchev–Trinajstić information content (AvgIpc) is 2.81. The molecule has 0 aliphatic carbocycles. The summed E-state index contributed by atoms with van der Waals surface area (Å²) in [5.41, 5.74) is 1.78. The summed E-state index contributed by atoms with van der Waals surface area (Å²) >= 11 is 0. The Morgan fingerprint density at radius 2 is 1.40 bits per heavy atom. The van der Waals surface area contributed by atoms with Gasteiger partial charge in [0.15, 0.2) is 11.5 Å². The standard InChI is InChI=1S/C24H22F3NO6S/c1-31-21-13-17(14-22(32-2)23(21)33-3)8-7-16-9-11-18(12-10-16)28-35(29,30)20-6-4-5-19(15-20)34-24(25,26)27/h4-15,28H,1-3H3/b8-7-. The molecule has 0 saturated heterocycles. The molecule has 0 unspecified atom stereocenters. The van der Waals surface area contributed by atoms with Gasteiger partial charge in [-0.25, -0.2) is 8.42 Å². The number of ether oxygens (including phenoxy) is 4. The number of hydrogen-bond acceptors (Lipinski definition) is 6. The molecule has 1 N–H and O–H groups in total. The number of anilines is 1. The lowest BCUT2D eigenvalue weighted by Gasteiger charge is -2.13. The van der Waals surface area contributed by atoms with Crippen LogP contribution in [0.2, 0.25) is 0 Å². The van der Waals surface area contributed by atoms with Gasteiger partial charge < -0.3 is 18.9 Å². The number of methoxy groups -OCH3 is 3. The van der Waals surface area contributed by atoms with Gasteiger partial charge in [0, 0.05) is 11.8 Å². The molecule has 0 heterocycles. The van der Waals surface area contributed by atoms with Gasteiger partial charge in [0.2, 0.25) is 5.75 Å². The molecule has 7 nitrogen and oxygen atoms in total. The van der Waals surface area contributed by atoms with E-state index in [1.54, 1.807) is 30.3 Å². The van der Waals surface area contributed by atoms with E-state index < -0.39 is 22.1 Å². The molecule has 0 fully saturated rings. The van der Waals surface area contributed by atoms with Crippen LogP contribution in [-0.4, -0.2) is 36.1 Å². The van der Waals surface area contributed by atoms with Gasteiger partial charge in [-0.2, -0.15) is 0 Å². The monoisotopic (exact) mass is 509 g/mol. The highest BCUT2D eigenvalue weighted by molar-refractivity contribution is 7.92. The smallest absolute Gasteiger partial charge is 0.493 e. The number of halogens is 3. The first-order valence-corrected chi connectivity index (χ1v) is 11.5. The number of benzene rings is 3. The van der Waals surface area contributed by atoms with E-state index in [4.69, 9.17) is 14.2 Å². The first-order valence-electron chi connectivity index (χ1n) is 10.0. The highest BCUT2D eigenvalue weighted by Crippen LogP contribution is 2.38. The highest BCUT2D eigenvalue weighted by atomic mass is 32.2. The number of alkyl halides is 3. The molecule has 0 saturated carbocycles. The molecule has 0 aliphatic rings. The maximum Gasteiger partial charge on any atom is 0.573 e. The van der Waals surface area contributed by atoms with Crippen molar-refractivity contribution in [2.45, 2.75) is 11.3 Å². The second kappa shape index (κ2) is 10.6. The van der Waals surface area contributed by atoms with E-state index in [0.717, 1.165) is 29.3 Å². The van der Waals surface area contributed by atoms with E-state index in [-0.39, 0.29) is 10.6 Å². The summed E-state index contributed by atoms with van der Waals surface area (Å²) in [5.74, 6) is 0.842. The third-order valence-electron chi connectivity index (χ3n) is 4.67. The summed E-state index contributed by atoms with van der Waals surface area (Å²) in [4.78, 5) is -0.370. The lowest BCUT2D eigenvalue weighted by atomic mass is 10.1. The lowest BCUT2D eigenvalue weighted by molar-refractivity contribution is -0.274. The normalized spacial score (nSPS) is 11.8. The summed E-state index contributed by atoms with van der Waals surface area (Å²) in [6.07, 6.45) is -1.31. The predicted molar refractivity (Wildman–Crippen MR) is 125 cm³/mol. The molecular weight excluding hydrogens is 487 g/mol. The van der Waals surface area contributed by atoms with E-state index in [0.29, 0.717) is 17.2 Å². The Morgan fingerprint density at radius 3 is 1.94 bits per heavy atom. The van der Waals surface area contributed by atoms with Crippen molar-refractivity contribution in [1.29, 1.82) is 0 Å². The lowest BCUT2D eigenvalue weighted by Crippen LogP contribution is -2.18. The molecule has 186 valence electrons. The molecule has 0 amide bonds. The zero-order valence-electron chi connectivity index (χ0n) is 18.9. The van der Waals surface area contributed by atoms with Gasteiger partial charge >= 0.3 is 6.36 Å². The summed E-state index contributed by atoms with van der Waals surface area (Å²) in [6.45, 7) is 0. The van der Waals surface area contributed by atoms with E-state index in [1.807, 2.05) is 6.08 Å². The summed E-state index contributed by atoms with van der Waals surface area (Å²) in [6, 6.07) is 14.1. The number of hydrogen-bond donors (Lipinski definition) is 1. The fraction of sp³-hybridized carbons (Fsp3) is 0.167. The van der Waals surface area contributed by atoms with Crippen LogP contribution < -0.4 is 23.7 Å². The Morgan fingerprint density at radius 1 is 0.800 bits per heavy atom. The second-order valence-corrected chi connectivity index (χ2v) is 8.72. The Bertz CT molecular complexity index is 1280. The second-order valence-electron chi connectivity index (χ2n) is 7.04. The van der Waals surface area contributed by atoms with Gasteiger partial charge in [0.25, 0.3) is 10.0 Å². The third kappa shape index (κ3) is 6.82. The number of rotatable bonds is 9. The Kier molecular flexibility index (Phi) is 7.80. The first kappa shape index (κ1) is 25.8. The average molecular weight is 510 g/mol. The maximum absolute atomic E-state index is 12.6. The molecule has 3 aromatic rings. The van der Waals surface area contributed by atoms with Gasteiger partial charge in [0.05, 0.1) is 26.2 Å². The number of nitrogens with one attached hydrogen (secondary N) is 1. The molecule has 0 spiro atoms. The van der Waals surface area contributed by atoms with Crippen molar-refractivity contribution in [3.8, 4) is 23.0 Å². The largest absolute Gasteiger partial charge is 0.573 e. The van der Waals surface area contributed by atoms with Crippen molar-refractivity contribution < 1.29 is 40.5 Å². The van der Waals surface area contributed by atoms with Crippen LogP contribution in [0.25, 0.3) is 12.2 Å². The van der Waals surface area contributed by atoms with Crippen molar-refractivity contribution >= 4 is 27.9 Å². The van der Waals surface area contributed by atoms with Crippen LogP contribution in [0.3, 0.4) is 0 Å². The van der Waals surface area contributed by atoms with E-state index in [9.17, 15) is 21.6 Å². The fourth-order valence-electron chi connectivity index (χ4n) is 3.10. The van der Waals surface area contributed by atoms with Crippen LogP contribution in [0.15, 0.2) is 65.6 Å². The summed E-state index contributed by atoms with van der Waals surface area (Å²) in [5, 5.41) is 0. The Hall–Kier alpha value is -3.86. The predicted octanol–water partition coefficient (Wildman–Crippen LogP) is 5.58. The van der Waals surface area contributed by atoms with Gasteiger partial charge in [-0.1, -0.05) is 30.4 Å². The van der Waals surface area contributed by atoms with Crippen molar-refractivity contribution in [2.75, 3.05) is 26.1 Å². The molecule has 0 atom stereocenters. The van der Waals surface area contributed by atoms with Crippen molar-refractivity contribution in [2.24, 2.45) is 0 Å². The SMILES string of the molecule is COc1cc(/C=C\c2ccc(NS(=O)(=O)c3cccc(OC(F)(F)F)c3)cc2)cc(OC)c1OC. The van der Waals surface area contributed by atoms with Crippen LogP contribution >= 0.6 is 0 Å². The van der Waals surface area contributed by atoms with Crippen LogP contribution in [0, 0.1) is 0 Å². The topological polar surface area (TPSA) is 83.1 Å². The minimum absolute atomic E-state index is 0.233. The quantitative estimate of drug-likeness (QED) is 0.379. The van der Waals surface area contributed by atoms with Gasteiger partial charge in [-0.3, -0.25) is 4.72 Å². The van der Waals surface area contributed by atoms with Crippen molar-refractivity contribution in [3.05, 3.63) is 71.8 Å². The highest BCUT2D eigenvalue weighted by Gasteiger charge is 2.31. The van der Waals surface area contributed by atoms with Crippen LogP contribution in [-0.2, 0) is 10.0 Å². The van der Waals surface area contributed by atoms with E-state index in [2.05, 4.69) is 9.46 Å². The zero-order chi connectivity index (χ0) is 25.6. The minimum Gasteiger partial charge on any atom is -0.493 e. The molecule has 0 aromatic heterocycles. The molecule has 0 radical (unpaired) electrons. The van der Waals surface area contributed by atoms with Crippen molar-refractivity contribution in [3.63, 3.8) is 0 Å². The van der Waals surface area contributed by atoms with E-state index in [1.165, 1.54) is 39.5 Å². The van der Waals surface area contributed by atoms with Gasteiger partial charge in [-0.15, -0.1) is 13.2 Å². The molecule has 3 aromatic carbocycles. The fourth-order valence-corrected chi connectivity index (χ4v) is 4.20. The molecule has 0 aliphatic heterocycles. The molecule has 3 rings (SSSR count). The van der Waals surface area contributed by atoms with Crippen LogP contribution in [0.4, 0.5) is 18.9 Å². The first-order chi connectivity index (χ1) is 16.5. The Labute approximate surface area is 200 Å². The van der Waals surface area contributed by atoms with Crippen LogP contribution in [0.1, 0.15) is 11.1 Å². The number of sulfonamides is 1. The van der Waals surface area contributed by atoms with E-state index >= 15 is 0 Å². The molecular formula is C24H22F3NO6S. The van der Waals surface area contributed by atoms with Crippen LogP contribution in [0.5, 0.6) is 23.0 Å². The zero-order valence-corrected chi connectivity index (χ0v) is 19.7. The Balaban J connectivity index is 1.75.